The molecule has 1 heterocycles. The van der Waals surface area contributed by atoms with E-state index in [2.05, 4.69) is 4.99 Å². The van der Waals surface area contributed by atoms with Crippen molar-refractivity contribution in [1.29, 1.82) is 0 Å². The molecule has 0 radical (unpaired) electrons. The molecule has 1 atom stereocenters. The fourth-order valence-corrected chi connectivity index (χ4v) is 2.58. The van der Waals surface area contributed by atoms with Crippen molar-refractivity contribution < 1.29 is 15.0 Å². The molecular weight excluding hydrogens is 182 g/mol. The second-order valence-corrected chi connectivity index (χ2v) is 4.35. The van der Waals surface area contributed by atoms with E-state index in [1.807, 2.05) is 0 Å². The maximum atomic E-state index is 10.7. The molecule has 1 aliphatic heterocycles. The van der Waals surface area contributed by atoms with Crippen LogP contribution in [0.3, 0.4) is 0 Å². The van der Waals surface area contributed by atoms with Crippen molar-refractivity contribution in [2.75, 3.05) is 0 Å². The fraction of sp³-hybridized carbons (Fsp3) is 0.800. The first-order valence-electron chi connectivity index (χ1n) is 5.12. The van der Waals surface area contributed by atoms with E-state index < -0.39 is 12.2 Å². The summed E-state index contributed by atoms with van der Waals surface area (Å²) in [6, 6.07) is 0. The van der Waals surface area contributed by atoms with Gasteiger partial charge in [-0.25, -0.2) is 4.79 Å². The van der Waals surface area contributed by atoms with Gasteiger partial charge in [0.2, 0.25) is 0 Å². The lowest BCUT2D eigenvalue weighted by molar-refractivity contribution is -0.129. The average molecular weight is 197 g/mol. The largest absolute Gasteiger partial charge is 0.477 e. The molecule has 2 aliphatic rings. The molecule has 2 rings (SSSR count). The molecular formula is C10H15NO3. The van der Waals surface area contributed by atoms with Crippen molar-refractivity contribution in [2.45, 2.75) is 44.8 Å². The molecule has 4 nitrogen and oxygen atoms in total. The zero-order valence-electron chi connectivity index (χ0n) is 8.07. The number of hydrogen-bond donors (Lipinski definition) is 2. The zero-order valence-corrected chi connectivity index (χ0v) is 8.07. The molecule has 0 amide bonds. The Labute approximate surface area is 82.7 Å². The summed E-state index contributed by atoms with van der Waals surface area (Å²) in [6.45, 7) is 0. The van der Waals surface area contributed by atoms with E-state index in [4.69, 9.17) is 5.11 Å². The van der Waals surface area contributed by atoms with Gasteiger partial charge in [-0.05, 0) is 12.8 Å². The van der Waals surface area contributed by atoms with Crippen molar-refractivity contribution >= 4 is 11.7 Å². The number of carboxylic acid groups (broad SMARTS) is 1. The Morgan fingerprint density at radius 1 is 1.36 bits per heavy atom. The van der Waals surface area contributed by atoms with Crippen LogP contribution in [-0.4, -0.2) is 28.1 Å². The number of rotatable bonds is 1. The minimum Gasteiger partial charge on any atom is -0.477 e. The maximum absolute atomic E-state index is 10.7. The Balaban J connectivity index is 2.14. The summed E-state index contributed by atoms with van der Waals surface area (Å²) >= 11 is 0. The molecule has 78 valence electrons. The number of carbonyl (C=O) groups is 1. The molecule has 0 saturated heterocycles. The van der Waals surface area contributed by atoms with Gasteiger partial charge in [0.25, 0.3) is 0 Å². The van der Waals surface area contributed by atoms with Gasteiger partial charge < -0.3 is 10.2 Å². The van der Waals surface area contributed by atoms with Crippen molar-refractivity contribution in [1.82, 2.24) is 0 Å². The average Bonchev–Trinajstić information content (AvgIpc) is 2.46. The molecule has 1 saturated carbocycles. The Bertz CT molecular complexity index is 279. The van der Waals surface area contributed by atoms with Gasteiger partial charge >= 0.3 is 5.97 Å². The van der Waals surface area contributed by atoms with Crippen LogP contribution in [0.5, 0.6) is 0 Å². The number of hydrogen-bond acceptors (Lipinski definition) is 3. The topological polar surface area (TPSA) is 69.9 Å². The van der Waals surface area contributed by atoms with Gasteiger partial charge in [-0.15, -0.1) is 0 Å². The SMILES string of the molecule is O=C(O)C1=NC(O)C2(CCCCC2)C1. The molecule has 2 N–H and O–H groups in total. The first-order valence-corrected chi connectivity index (χ1v) is 5.12. The Hall–Kier alpha value is -0.900. The summed E-state index contributed by atoms with van der Waals surface area (Å²) in [5.74, 6) is -0.980. The third-order valence-corrected chi connectivity index (χ3v) is 3.44. The van der Waals surface area contributed by atoms with E-state index in [9.17, 15) is 9.90 Å². The molecule has 0 aromatic heterocycles. The Morgan fingerprint density at radius 3 is 2.50 bits per heavy atom. The first-order chi connectivity index (χ1) is 6.64. The van der Waals surface area contributed by atoms with Gasteiger partial charge in [-0.3, -0.25) is 4.99 Å². The van der Waals surface area contributed by atoms with Crippen LogP contribution in [0, 0.1) is 5.41 Å². The second kappa shape index (κ2) is 3.35. The highest BCUT2D eigenvalue weighted by Gasteiger charge is 2.45. The van der Waals surface area contributed by atoms with Crippen LogP contribution in [0.2, 0.25) is 0 Å². The number of nitrogens with zero attached hydrogens (tertiary/aromatic N) is 1. The van der Waals surface area contributed by atoms with Crippen LogP contribution in [0.15, 0.2) is 4.99 Å². The summed E-state index contributed by atoms with van der Waals surface area (Å²) in [7, 11) is 0. The standard InChI is InChI=1S/C10H15NO3/c12-8(13)7-6-10(9(14)11-7)4-2-1-3-5-10/h9,14H,1-6H2,(H,12,13). The Kier molecular flexibility index (Phi) is 2.31. The highest BCUT2D eigenvalue weighted by Crippen LogP contribution is 2.46. The maximum Gasteiger partial charge on any atom is 0.349 e. The van der Waals surface area contributed by atoms with Crippen LogP contribution >= 0.6 is 0 Å². The Morgan fingerprint density at radius 2 is 2.00 bits per heavy atom. The zero-order chi connectivity index (χ0) is 10.2. The summed E-state index contributed by atoms with van der Waals surface area (Å²) in [5.41, 5.74) is -0.0919. The number of carboxylic acids is 1. The number of aliphatic hydroxyl groups excluding tert-OH is 1. The van der Waals surface area contributed by atoms with E-state index in [1.165, 1.54) is 6.42 Å². The van der Waals surface area contributed by atoms with Crippen LogP contribution in [0.4, 0.5) is 0 Å². The predicted molar refractivity (Wildman–Crippen MR) is 51.2 cm³/mol. The highest BCUT2D eigenvalue weighted by molar-refractivity contribution is 6.36. The predicted octanol–water partition coefficient (Wildman–Crippen LogP) is 1.18. The summed E-state index contributed by atoms with van der Waals surface area (Å²) in [4.78, 5) is 14.6. The molecule has 4 heteroatoms. The number of aliphatic imine (C=N–C) groups is 1. The van der Waals surface area contributed by atoms with E-state index in [0.717, 1.165) is 25.7 Å². The summed E-state index contributed by atoms with van der Waals surface area (Å²) in [6.07, 6.45) is 4.84. The van der Waals surface area contributed by atoms with Gasteiger partial charge in [0.15, 0.2) is 6.23 Å². The van der Waals surface area contributed by atoms with Crippen LogP contribution in [0.25, 0.3) is 0 Å². The van der Waals surface area contributed by atoms with Crippen molar-refractivity contribution in [2.24, 2.45) is 10.4 Å². The molecule has 1 spiro atoms. The van der Waals surface area contributed by atoms with Gasteiger partial charge in [-0.2, -0.15) is 0 Å². The lowest BCUT2D eigenvalue weighted by Gasteiger charge is -2.35. The van der Waals surface area contributed by atoms with Gasteiger partial charge in [-0.1, -0.05) is 19.3 Å². The fourth-order valence-electron chi connectivity index (χ4n) is 2.58. The van der Waals surface area contributed by atoms with Crippen molar-refractivity contribution in [3.63, 3.8) is 0 Å². The van der Waals surface area contributed by atoms with E-state index in [-0.39, 0.29) is 11.1 Å². The number of aliphatic carboxylic acids is 1. The second-order valence-electron chi connectivity index (χ2n) is 4.35. The lowest BCUT2D eigenvalue weighted by Crippen LogP contribution is -2.33. The third kappa shape index (κ3) is 1.43. The van der Waals surface area contributed by atoms with E-state index in [1.54, 1.807) is 0 Å². The molecule has 14 heavy (non-hydrogen) atoms. The minimum absolute atomic E-state index is 0.152. The van der Waals surface area contributed by atoms with E-state index >= 15 is 0 Å². The lowest BCUT2D eigenvalue weighted by atomic mass is 9.71. The van der Waals surface area contributed by atoms with Crippen molar-refractivity contribution in [3.05, 3.63) is 0 Å². The summed E-state index contributed by atoms with van der Waals surface area (Å²) in [5, 5.41) is 18.6. The van der Waals surface area contributed by atoms with Crippen LogP contribution in [-0.2, 0) is 4.79 Å². The first kappa shape index (κ1) is 9.65. The third-order valence-electron chi connectivity index (χ3n) is 3.44. The smallest absolute Gasteiger partial charge is 0.349 e. The highest BCUT2D eigenvalue weighted by atomic mass is 16.4. The molecule has 0 aromatic carbocycles. The minimum atomic E-state index is -0.980. The molecule has 1 fully saturated rings. The van der Waals surface area contributed by atoms with Gasteiger partial charge in [0.05, 0.1) is 0 Å². The van der Waals surface area contributed by atoms with Crippen LogP contribution in [0.1, 0.15) is 38.5 Å². The summed E-state index contributed by atoms with van der Waals surface area (Å²) < 4.78 is 0. The van der Waals surface area contributed by atoms with Gasteiger partial charge in [0, 0.05) is 11.8 Å². The van der Waals surface area contributed by atoms with Gasteiger partial charge in [0.1, 0.15) is 5.71 Å². The van der Waals surface area contributed by atoms with E-state index in [0.29, 0.717) is 6.42 Å². The molecule has 0 bridgehead atoms. The molecule has 0 aromatic rings. The quantitative estimate of drug-likeness (QED) is 0.663. The monoisotopic (exact) mass is 197 g/mol. The van der Waals surface area contributed by atoms with Crippen LogP contribution < -0.4 is 0 Å². The molecule has 1 unspecified atom stereocenters. The molecule has 1 aliphatic carbocycles. The normalized spacial score (nSPS) is 30.4. The van der Waals surface area contributed by atoms with Crippen molar-refractivity contribution in [3.8, 4) is 0 Å². The number of aliphatic hydroxyl groups is 1.